The van der Waals surface area contributed by atoms with Gasteiger partial charge in [-0.15, -0.1) is 0 Å². The molecule has 7 aromatic carbocycles. The van der Waals surface area contributed by atoms with Crippen LogP contribution in [0, 0.1) is 33.0 Å². The Morgan fingerprint density at radius 3 is 1.31 bits per heavy atom. The Morgan fingerprint density at radius 2 is 0.873 bits per heavy atom. The van der Waals surface area contributed by atoms with Gasteiger partial charge in [-0.25, -0.2) is 19.9 Å². The number of benzene rings is 7. The number of ether oxygens (including phenoxy) is 3. The van der Waals surface area contributed by atoms with E-state index < -0.39 is 21.4 Å². The smallest absolute Gasteiger partial charge is 0.399 e. The van der Waals surface area contributed by atoms with Gasteiger partial charge >= 0.3 is 12.8 Å². The number of nitro benzene ring substituents is 2. The fourth-order valence-corrected chi connectivity index (χ4v) is 15.8. The van der Waals surface area contributed by atoms with Crippen LogP contribution < -0.4 is 11.2 Å². The van der Waals surface area contributed by atoms with Crippen molar-refractivity contribution in [1.82, 2.24) is 43.2 Å². The van der Waals surface area contributed by atoms with Gasteiger partial charge in [-0.1, -0.05) is 136 Å². The summed E-state index contributed by atoms with van der Waals surface area (Å²) in [6.45, 7) is 16.2. The Kier molecular flexibility index (Phi) is 35.9. The number of rotatable bonds is 24. The van der Waals surface area contributed by atoms with E-state index in [0.717, 1.165) is 149 Å². The number of aryl methyl sites for hydroxylation is 3. The van der Waals surface area contributed by atoms with Gasteiger partial charge in [-0.05, 0) is 225 Å². The first-order valence-electron chi connectivity index (χ1n) is 39.9. The number of pyridine rings is 1. The first-order chi connectivity index (χ1) is 56.8. The summed E-state index contributed by atoms with van der Waals surface area (Å²) in [5, 5.41) is 46.8. The van der Waals surface area contributed by atoms with E-state index in [2.05, 4.69) is 201 Å². The van der Waals surface area contributed by atoms with Crippen LogP contribution in [0.2, 0.25) is 0 Å². The molecule has 0 unspecified atom stereocenters. The first-order valence-corrected chi connectivity index (χ1v) is 43.9. The third kappa shape index (κ3) is 27.1. The number of nitro groups is 2. The number of imidazole rings is 4. The Labute approximate surface area is 729 Å². The maximum Gasteiger partial charge on any atom is 0.494 e. The largest absolute Gasteiger partial charge is 0.494 e. The molecular weight excluding hydrogens is 1830 g/mol. The van der Waals surface area contributed by atoms with E-state index in [0.29, 0.717) is 47.7 Å². The van der Waals surface area contributed by atoms with Crippen LogP contribution in [0.25, 0.3) is 55.4 Å². The van der Waals surface area contributed by atoms with Gasteiger partial charge in [0.15, 0.2) is 0 Å². The van der Waals surface area contributed by atoms with Crippen LogP contribution in [0.15, 0.2) is 193 Å². The zero-order valence-corrected chi connectivity index (χ0v) is 75.1. The Bertz CT molecular complexity index is 5190. The van der Waals surface area contributed by atoms with Crippen molar-refractivity contribution in [1.29, 1.82) is 0 Å². The molecular formula is C87H103BBr5FN12O12. The monoisotopic (exact) mass is 1930 g/mol. The lowest BCUT2D eigenvalue weighted by molar-refractivity contribution is -0.387. The number of fused-ring (bicyclic) bond motifs is 4. The van der Waals surface area contributed by atoms with Gasteiger partial charge in [0.05, 0.1) is 141 Å². The van der Waals surface area contributed by atoms with Gasteiger partial charge in [0.1, 0.15) is 0 Å². The number of aromatic nitrogens is 9. The number of hydrogen-bond acceptors (Lipinski definition) is 18. The number of aliphatic hydroxyl groups excluding tert-OH is 3. The van der Waals surface area contributed by atoms with Crippen LogP contribution in [0.4, 0.5) is 21.5 Å². The van der Waals surface area contributed by atoms with E-state index in [-0.39, 0.29) is 43.8 Å². The van der Waals surface area contributed by atoms with E-state index in [1.165, 1.54) is 100 Å². The van der Waals surface area contributed by atoms with Crippen molar-refractivity contribution in [3.05, 3.63) is 236 Å². The lowest BCUT2D eigenvalue weighted by Crippen LogP contribution is -2.41. The molecule has 3 aliphatic carbocycles. The van der Waals surface area contributed by atoms with E-state index in [4.69, 9.17) is 44.6 Å². The van der Waals surface area contributed by atoms with Crippen molar-refractivity contribution in [3.63, 3.8) is 0 Å². The molecule has 16 rings (SSSR count). The lowest BCUT2D eigenvalue weighted by atomic mass is 9.79. The number of aliphatic hydroxyl groups is 3. The highest BCUT2D eigenvalue weighted by Gasteiger charge is 2.52. The fourth-order valence-electron chi connectivity index (χ4n) is 13.9. The van der Waals surface area contributed by atoms with E-state index in [1.807, 2.05) is 84.3 Å². The zero-order valence-electron chi connectivity index (χ0n) is 67.1. The summed E-state index contributed by atoms with van der Waals surface area (Å²) >= 11 is 16.5. The number of nitrogens with two attached hydrogens (primary N) is 1. The molecule has 0 amide bonds. The van der Waals surface area contributed by atoms with Gasteiger partial charge in [0.25, 0.3) is 5.69 Å². The molecule has 4 fully saturated rings. The van der Waals surface area contributed by atoms with Crippen molar-refractivity contribution in [2.75, 3.05) is 45.4 Å². The quantitative estimate of drug-likeness (QED) is 0.0189. The third-order valence-corrected chi connectivity index (χ3v) is 23.6. The minimum absolute atomic E-state index is 0.0453. The lowest BCUT2D eigenvalue weighted by Gasteiger charge is -2.32. The topological polar surface area (TPSA) is 303 Å². The maximum absolute atomic E-state index is 12.6. The van der Waals surface area contributed by atoms with Gasteiger partial charge in [0.2, 0.25) is 5.82 Å². The van der Waals surface area contributed by atoms with Gasteiger partial charge < -0.3 is 62.8 Å². The first kappa shape index (κ1) is 92.5. The van der Waals surface area contributed by atoms with Crippen LogP contribution in [0.1, 0.15) is 134 Å². The van der Waals surface area contributed by atoms with Crippen LogP contribution in [-0.2, 0) is 62.5 Å². The summed E-state index contributed by atoms with van der Waals surface area (Å²) in [6, 6.07) is 43.0. The SMILES string of the molecule is Brc1ccc2ncn(CCOC3CCCC3)c2c1.CC1(C)OB(c2ccc3ncn(CCOC4CCCC4)c3c2)OC1(C)C.Cc1ccc(-c2ccc3ncn(CCOC4CCCC4)c3c2)nc1.Nc1ccc(Br)cc1CCCO.O=[N+]([O-])c1ccc(Br)cc1CCCO.O=[N+]([O-])c1ccc(Br)cc1F.OCCn1cnc2ccc(Br)cc21. The molecule has 31 heteroatoms. The Morgan fingerprint density at radius 1 is 0.483 bits per heavy atom. The molecule has 1 saturated heterocycles. The van der Waals surface area contributed by atoms with Crippen LogP contribution in [0.5, 0.6) is 0 Å². The average molecular weight is 1940 g/mol. The van der Waals surface area contributed by atoms with Gasteiger partial charge in [-0.2, -0.15) is 4.39 Å². The van der Waals surface area contributed by atoms with Crippen molar-refractivity contribution < 1.29 is 53.1 Å². The number of anilines is 1. The summed E-state index contributed by atoms with van der Waals surface area (Å²) in [5.74, 6) is -0.829. The summed E-state index contributed by atoms with van der Waals surface area (Å²) in [6.07, 6.45) is 28.6. The Balaban J connectivity index is 0.000000149. The maximum atomic E-state index is 12.6. The second-order valence-electron chi connectivity index (χ2n) is 30.2. The highest BCUT2D eigenvalue weighted by Crippen LogP contribution is 2.37. The normalized spacial score (nSPS) is 15.0. The third-order valence-electron chi connectivity index (χ3n) is 21.1. The van der Waals surface area contributed by atoms with Crippen LogP contribution >= 0.6 is 79.6 Å². The van der Waals surface area contributed by atoms with Gasteiger partial charge in [0, 0.05) is 96.9 Å². The van der Waals surface area contributed by atoms with Crippen molar-refractivity contribution in [2.24, 2.45) is 0 Å². The van der Waals surface area contributed by atoms with Crippen molar-refractivity contribution in [3.8, 4) is 11.3 Å². The standard InChI is InChI=1S/C20H29BN2O3.C20H23N3O.C14H17BrN2O.C9H9BrN2O.C9H10BrNO3.C9H12BrNO.C6H3BrFNO2/c1-19(2)20(3,4)26-21(25-19)15-9-10-17-18(13-15)23(14-22-17)11-12-24-16-7-5-6-8-16;1-15-6-8-18(21-13-15)16-7-9-19-20(12-16)23(14-22-19)10-11-24-17-4-2-3-5-17;15-11-5-6-13-14(9-11)17(10-16-13)7-8-18-12-3-1-2-4-12;10-7-1-2-8-9(5-7)12(3-4-13)6-11-8;10-8-3-4-9(11(13)14)7(6-8)2-1-5-12;10-8-3-4-9(11)7(6-8)2-1-5-12;7-4-1-2-6(9(10)11)5(8)3-4/h9-10,13-14,16H,5-8,11-12H2,1-4H3;6-9,12-14,17H,2-5,10-11H2,1H3;5-6,9-10,12H,1-4,7-8H2;1-2,5-6,13H,3-4H2;3-4,6,12H,1-2,5H2;3-4,6,12H,1-2,5,11H2;1-3H. The number of halogens is 6. The zero-order chi connectivity index (χ0) is 84.3. The molecule has 1 aliphatic heterocycles. The summed E-state index contributed by atoms with van der Waals surface area (Å²) in [4.78, 5) is 41.7. The number of nitrogen functional groups attached to an aromatic ring is 1. The molecule has 0 bridgehead atoms. The fraction of sp³-hybridized carbons (Fsp3) is 0.414. The molecule has 118 heavy (non-hydrogen) atoms. The summed E-state index contributed by atoms with van der Waals surface area (Å²) in [5.41, 5.74) is 20.0. The van der Waals surface area contributed by atoms with E-state index in [9.17, 15) is 24.6 Å². The van der Waals surface area contributed by atoms with Crippen LogP contribution in [-0.4, -0.2) is 145 Å². The second kappa shape index (κ2) is 45.8. The number of nitrogens with zero attached hydrogens (tertiary/aromatic N) is 11. The average Bonchev–Trinajstić information content (AvgIpc) is 1.61. The predicted molar refractivity (Wildman–Crippen MR) is 481 cm³/mol. The molecule has 12 aromatic rings. The van der Waals surface area contributed by atoms with Gasteiger partial charge in [-0.3, -0.25) is 25.2 Å². The highest BCUT2D eigenvalue weighted by molar-refractivity contribution is 9.11. The molecule has 0 radical (unpaired) electrons. The molecule has 628 valence electrons. The number of hydrogen-bond donors (Lipinski definition) is 4. The molecule has 6 heterocycles. The predicted octanol–water partition coefficient (Wildman–Crippen LogP) is 19.9. The molecule has 3 saturated carbocycles. The minimum Gasteiger partial charge on any atom is -0.399 e. The minimum atomic E-state index is -0.829. The van der Waals surface area contributed by atoms with Crippen LogP contribution in [0.3, 0.4) is 0 Å². The highest BCUT2D eigenvalue weighted by atomic mass is 79.9. The second-order valence-corrected chi connectivity index (χ2v) is 34.8. The molecule has 0 spiro atoms. The molecule has 5 N–H and O–H groups in total. The molecule has 24 nitrogen and oxygen atoms in total. The molecule has 4 aliphatic rings. The molecule has 0 atom stereocenters. The van der Waals surface area contributed by atoms with Crippen molar-refractivity contribution in [2.45, 2.75) is 193 Å². The van der Waals surface area contributed by atoms with Crippen molar-refractivity contribution >= 4 is 153 Å². The summed E-state index contributed by atoms with van der Waals surface area (Å²) < 4.78 is 55.8. The van der Waals surface area contributed by atoms with E-state index >= 15 is 0 Å². The summed E-state index contributed by atoms with van der Waals surface area (Å²) in [7, 11) is -0.345. The molecule has 5 aromatic heterocycles. The van der Waals surface area contributed by atoms with E-state index in [1.54, 1.807) is 18.5 Å². The Hall–Kier alpha value is -7.76.